The maximum absolute atomic E-state index is 11.7. The molecule has 1 aromatic carbocycles. The van der Waals surface area contributed by atoms with Crippen LogP contribution >= 0.6 is 11.6 Å². The molecule has 0 aliphatic carbocycles. The van der Waals surface area contributed by atoms with Gasteiger partial charge in [0.15, 0.2) is 0 Å². The Kier molecular flexibility index (Phi) is 2.75. The van der Waals surface area contributed by atoms with Gasteiger partial charge < -0.3 is 0 Å². The second-order valence-electron chi connectivity index (χ2n) is 2.44. The van der Waals surface area contributed by atoms with E-state index in [1.807, 2.05) is 0 Å². The molecule has 0 aromatic heterocycles. The Bertz CT molecular complexity index is 377. The van der Waals surface area contributed by atoms with Crippen molar-refractivity contribution in [3.8, 4) is 0 Å². The van der Waals surface area contributed by atoms with Crippen molar-refractivity contribution in [2.75, 3.05) is 13.3 Å². The number of hydrogen-bond donors (Lipinski definition) is 0. The molecule has 0 fully saturated rings. The van der Waals surface area contributed by atoms with E-state index >= 15 is 0 Å². The van der Waals surface area contributed by atoms with Crippen LogP contribution in [0.1, 0.15) is 0 Å². The van der Waals surface area contributed by atoms with Gasteiger partial charge in [0, 0.05) is 23.2 Å². The lowest BCUT2D eigenvalue weighted by atomic mass is 10.4. The Morgan fingerprint density at radius 2 is 1.83 bits per heavy atom. The van der Waals surface area contributed by atoms with E-state index in [4.69, 9.17) is 11.6 Å². The zero-order valence-corrected chi connectivity index (χ0v) is 8.52. The summed E-state index contributed by atoms with van der Waals surface area (Å²) in [5.74, 6) is 0. The third-order valence-corrected chi connectivity index (χ3v) is 3.69. The molecule has 66 valence electrons. The van der Waals surface area contributed by atoms with Crippen LogP contribution in [-0.4, -0.2) is 17.5 Å². The minimum Gasteiger partial charge on any atom is -0.245 e. The second kappa shape index (κ2) is 3.46. The lowest BCUT2D eigenvalue weighted by molar-refractivity contribution is 0.680. The highest BCUT2D eigenvalue weighted by atomic mass is 35.5. The summed E-state index contributed by atoms with van der Waals surface area (Å²) in [5, 5.41) is 0.644. The van der Waals surface area contributed by atoms with Crippen LogP contribution in [0.15, 0.2) is 33.5 Å². The van der Waals surface area contributed by atoms with Crippen LogP contribution in [0.5, 0.6) is 0 Å². The number of rotatable bonds is 1. The van der Waals surface area contributed by atoms with Gasteiger partial charge in [-0.1, -0.05) is 11.6 Å². The summed E-state index contributed by atoms with van der Waals surface area (Å²) in [6, 6.07) is 6.89. The largest absolute Gasteiger partial charge is 0.245 e. The Hall–Kier alpha value is -0.540. The van der Waals surface area contributed by atoms with Gasteiger partial charge in [0.2, 0.25) is 0 Å². The zero-order valence-electron chi connectivity index (χ0n) is 6.95. The molecule has 0 saturated heterocycles. The van der Waals surface area contributed by atoms with Gasteiger partial charge in [-0.15, -0.1) is 0 Å². The minimum absolute atomic E-state index is 0.644. The zero-order chi connectivity index (χ0) is 9.19. The molecule has 0 heterocycles. The summed E-state index contributed by atoms with van der Waals surface area (Å²) in [7, 11) is -0.646. The lowest BCUT2D eigenvalue weighted by Crippen LogP contribution is -1.95. The van der Waals surface area contributed by atoms with Crippen molar-refractivity contribution < 1.29 is 4.21 Å². The van der Waals surface area contributed by atoms with Crippen molar-refractivity contribution in [2.45, 2.75) is 4.90 Å². The smallest absolute Gasteiger partial charge is 0.0720 e. The van der Waals surface area contributed by atoms with Crippen molar-refractivity contribution >= 4 is 21.3 Å². The first-order valence-electron chi connectivity index (χ1n) is 3.42. The average molecular weight is 204 g/mol. The number of benzene rings is 1. The number of halogens is 1. The van der Waals surface area contributed by atoms with E-state index in [-0.39, 0.29) is 0 Å². The van der Waals surface area contributed by atoms with Gasteiger partial charge in [0.1, 0.15) is 0 Å². The van der Waals surface area contributed by atoms with Crippen molar-refractivity contribution in [3.05, 3.63) is 29.3 Å². The fourth-order valence-corrected chi connectivity index (χ4v) is 1.77. The predicted molar refractivity (Wildman–Crippen MR) is 52.1 cm³/mol. The average Bonchev–Trinajstić information content (AvgIpc) is 2.05. The SMILES string of the molecule is CN=S(C)(=O)c1ccc(Cl)cc1. The summed E-state index contributed by atoms with van der Waals surface area (Å²) < 4.78 is 15.5. The molecule has 2 nitrogen and oxygen atoms in total. The first-order valence-corrected chi connectivity index (χ1v) is 5.72. The molecule has 1 rings (SSSR count). The predicted octanol–water partition coefficient (Wildman–Crippen LogP) is 2.43. The summed E-state index contributed by atoms with van der Waals surface area (Å²) in [4.78, 5) is 0.717. The quantitative estimate of drug-likeness (QED) is 0.690. The highest BCUT2D eigenvalue weighted by Crippen LogP contribution is 2.14. The second-order valence-corrected chi connectivity index (χ2v) is 5.32. The van der Waals surface area contributed by atoms with Crippen LogP contribution in [0.2, 0.25) is 5.02 Å². The van der Waals surface area contributed by atoms with Gasteiger partial charge in [-0.3, -0.25) is 0 Å². The highest BCUT2D eigenvalue weighted by Gasteiger charge is 2.02. The molecular weight excluding hydrogens is 194 g/mol. The normalized spacial score (nSPS) is 15.2. The molecule has 0 N–H and O–H groups in total. The van der Waals surface area contributed by atoms with Crippen LogP contribution in [0.3, 0.4) is 0 Å². The summed E-state index contributed by atoms with van der Waals surface area (Å²) in [6.45, 7) is 0. The highest BCUT2D eigenvalue weighted by molar-refractivity contribution is 7.93. The van der Waals surface area contributed by atoms with Gasteiger partial charge in [-0.25, -0.2) is 8.57 Å². The standard InChI is InChI=1S/C8H10ClNOS/c1-10-12(2,11)8-5-3-7(9)4-6-8/h3-6H,1-2H3. The van der Waals surface area contributed by atoms with Crippen molar-refractivity contribution in [2.24, 2.45) is 4.36 Å². The molecule has 0 saturated carbocycles. The molecule has 0 radical (unpaired) electrons. The van der Waals surface area contributed by atoms with Crippen molar-refractivity contribution in [1.82, 2.24) is 0 Å². The molecule has 0 amide bonds. The van der Waals surface area contributed by atoms with Crippen LogP contribution < -0.4 is 0 Å². The van der Waals surface area contributed by atoms with Gasteiger partial charge >= 0.3 is 0 Å². The van der Waals surface area contributed by atoms with E-state index in [2.05, 4.69) is 4.36 Å². The molecular formula is C8H10ClNOS. The Morgan fingerprint density at radius 1 is 1.33 bits per heavy atom. The molecule has 1 aromatic rings. The first-order chi connectivity index (χ1) is 5.56. The molecule has 1 atom stereocenters. The van der Waals surface area contributed by atoms with Gasteiger partial charge in [0.05, 0.1) is 9.73 Å². The first kappa shape index (κ1) is 9.55. The summed E-state index contributed by atoms with van der Waals surface area (Å²) in [5.41, 5.74) is 0. The van der Waals surface area contributed by atoms with E-state index in [1.54, 1.807) is 37.6 Å². The fraction of sp³-hybridized carbons (Fsp3) is 0.250. The summed E-state index contributed by atoms with van der Waals surface area (Å²) >= 11 is 5.68. The van der Waals surface area contributed by atoms with Crippen LogP contribution in [-0.2, 0) is 9.73 Å². The number of hydrogen-bond acceptors (Lipinski definition) is 2. The van der Waals surface area contributed by atoms with E-state index < -0.39 is 9.73 Å². The monoisotopic (exact) mass is 203 g/mol. The molecule has 0 aliphatic rings. The minimum atomic E-state index is -2.20. The maximum atomic E-state index is 11.7. The molecule has 0 aliphatic heterocycles. The molecule has 0 spiro atoms. The van der Waals surface area contributed by atoms with Crippen molar-refractivity contribution in [1.29, 1.82) is 0 Å². The fourth-order valence-electron chi connectivity index (χ4n) is 0.793. The molecule has 12 heavy (non-hydrogen) atoms. The van der Waals surface area contributed by atoms with Gasteiger partial charge in [-0.05, 0) is 24.3 Å². The number of nitrogens with zero attached hydrogens (tertiary/aromatic N) is 1. The van der Waals surface area contributed by atoms with E-state index in [0.717, 1.165) is 4.90 Å². The Balaban J connectivity index is 3.24. The third-order valence-electron chi connectivity index (χ3n) is 1.60. The maximum Gasteiger partial charge on any atom is 0.0720 e. The van der Waals surface area contributed by atoms with Crippen LogP contribution in [0.4, 0.5) is 0 Å². The lowest BCUT2D eigenvalue weighted by Gasteiger charge is -2.01. The van der Waals surface area contributed by atoms with Crippen molar-refractivity contribution in [3.63, 3.8) is 0 Å². The molecule has 0 bridgehead atoms. The molecule has 4 heteroatoms. The Morgan fingerprint density at radius 3 is 2.25 bits per heavy atom. The third kappa shape index (κ3) is 1.99. The van der Waals surface area contributed by atoms with Gasteiger partial charge in [0.25, 0.3) is 0 Å². The topological polar surface area (TPSA) is 29.4 Å². The van der Waals surface area contributed by atoms with E-state index in [0.29, 0.717) is 5.02 Å². The molecule has 1 unspecified atom stereocenters. The van der Waals surface area contributed by atoms with E-state index in [1.165, 1.54) is 0 Å². The van der Waals surface area contributed by atoms with Crippen LogP contribution in [0.25, 0.3) is 0 Å². The van der Waals surface area contributed by atoms with E-state index in [9.17, 15) is 4.21 Å². The Labute approximate surface area is 77.7 Å². The summed E-state index contributed by atoms with van der Waals surface area (Å²) in [6.07, 6.45) is 1.61. The van der Waals surface area contributed by atoms with Crippen LogP contribution in [0, 0.1) is 0 Å². The van der Waals surface area contributed by atoms with Gasteiger partial charge in [-0.2, -0.15) is 0 Å².